The maximum Gasteiger partial charge on any atom is 0.223 e. The lowest BCUT2D eigenvalue weighted by Crippen LogP contribution is -2.30. The second-order valence-electron chi connectivity index (χ2n) is 4.60. The highest BCUT2D eigenvalue weighted by Gasteiger charge is 2.18. The highest BCUT2D eigenvalue weighted by molar-refractivity contribution is 5.79. The molecule has 4 nitrogen and oxygen atoms in total. The number of ether oxygens (including phenoxy) is 1. The molecule has 1 aliphatic carbocycles. The first-order valence-electron chi connectivity index (χ1n) is 6.80. The van der Waals surface area contributed by atoms with Crippen LogP contribution in [0.2, 0.25) is 0 Å². The van der Waals surface area contributed by atoms with Crippen LogP contribution in [0.15, 0.2) is 30.5 Å². The molecule has 1 atom stereocenters. The van der Waals surface area contributed by atoms with Crippen molar-refractivity contribution < 1.29 is 9.53 Å². The molecule has 1 unspecified atom stereocenters. The fraction of sp³-hybridized carbons (Fsp3) is 0.467. The van der Waals surface area contributed by atoms with Crippen molar-refractivity contribution in [2.45, 2.75) is 32.7 Å². The Labute approximate surface area is 113 Å². The minimum absolute atomic E-state index is 0.109. The predicted molar refractivity (Wildman–Crippen MR) is 73.7 cm³/mol. The van der Waals surface area contributed by atoms with Crippen LogP contribution in [0.5, 0.6) is 5.88 Å². The molecule has 1 heterocycles. The summed E-state index contributed by atoms with van der Waals surface area (Å²) in [5, 5.41) is 2.97. The van der Waals surface area contributed by atoms with Crippen LogP contribution in [0.4, 0.5) is 0 Å². The van der Waals surface area contributed by atoms with Crippen molar-refractivity contribution in [3.8, 4) is 5.88 Å². The minimum Gasteiger partial charge on any atom is -0.478 e. The summed E-state index contributed by atoms with van der Waals surface area (Å²) in [5.41, 5.74) is 0.920. The van der Waals surface area contributed by atoms with Crippen LogP contribution in [-0.4, -0.2) is 17.5 Å². The monoisotopic (exact) mass is 260 g/mol. The summed E-state index contributed by atoms with van der Waals surface area (Å²) < 4.78 is 5.44. The van der Waals surface area contributed by atoms with E-state index < -0.39 is 0 Å². The first-order valence-corrected chi connectivity index (χ1v) is 6.80. The zero-order chi connectivity index (χ0) is 13.5. The molecule has 1 aliphatic rings. The lowest BCUT2D eigenvalue weighted by Gasteiger charge is -2.17. The van der Waals surface area contributed by atoms with Crippen molar-refractivity contribution in [1.82, 2.24) is 10.3 Å². The normalized spacial score (nSPS) is 18.1. The molecule has 0 fully saturated rings. The third-order valence-electron chi connectivity index (χ3n) is 3.22. The molecule has 0 radical (unpaired) electrons. The number of carbonyl (C=O) groups is 1. The van der Waals surface area contributed by atoms with Gasteiger partial charge in [0.1, 0.15) is 0 Å². The number of carbonyl (C=O) groups excluding carboxylic acids is 1. The summed E-state index contributed by atoms with van der Waals surface area (Å²) in [7, 11) is 0. The Morgan fingerprint density at radius 3 is 3.16 bits per heavy atom. The first-order chi connectivity index (χ1) is 9.31. The van der Waals surface area contributed by atoms with Crippen LogP contribution in [-0.2, 0) is 11.3 Å². The summed E-state index contributed by atoms with van der Waals surface area (Å²) in [6, 6.07) is 3.78. The van der Waals surface area contributed by atoms with E-state index in [-0.39, 0.29) is 11.8 Å². The standard InChI is InChI=1S/C15H20N2O2/c1-2-19-15-13(9-6-10-16-15)11-17-14(18)12-7-4-3-5-8-12/h3-4,6,9-10,12H,2,5,7-8,11H2,1H3,(H,17,18). The molecule has 19 heavy (non-hydrogen) atoms. The SMILES string of the molecule is CCOc1ncccc1CNC(=O)C1CC=CCC1. The van der Waals surface area contributed by atoms with E-state index in [0.29, 0.717) is 19.0 Å². The van der Waals surface area contributed by atoms with E-state index in [4.69, 9.17) is 4.74 Å². The number of hydrogen-bond donors (Lipinski definition) is 1. The number of amides is 1. The fourth-order valence-corrected chi connectivity index (χ4v) is 2.18. The molecule has 1 aromatic heterocycles. The number of nitrogens with one attached hydrogen (secondary N) is 1. The first kappa shape index (κ1) is 13.6. The molecule has 1 aromatic rings. The summed E-state index contributed by atoms with van der Waals surface area (Å²) in [5.74, 6) is 0.835. The van der Waals surface area contributed by atoms with Crippen molar-refractivity contribution in [3.63, 3.8) is 0 Å². The number of hydrogen-bond acceptors (Lipinski definition) is 3. The van der Waals surface area contributed by atoms with Gasteiger partial charge in [-0.05, 0) is 32.3 Å². The maximum atomic E-state index is 12.0. The van der Waals surface area contributed by atoms with Crippen LogP contribution in [0.3, 0.4) is 0 Å². The van der Waals surface area contributed by atoms with Crippen LogP contribution < -0.4 is 10.1 Å². The molecule has 0 saturated carbocycles. The molecule has 0 aromatic carbocycles. The molecule has 0 spiro atoms. The Bertz CT molecular complexity index is 457. The second kappa shape index (κ2) is 6.92. The van der Waals surface area contributed by atoms with Gasteiger partial charge in [0.2, 0.25) is 11.8 Å². The fourth-order valence-electron chi connectivity index (χ4n) is 2.18. The molecule has 102 valence electrons. The third-order valence-corrected chi connectivity index (χ3v) is 3.22. The van der Waals surface area contributed by atoms with E-state index in [2.05, 4.69) is 22.5 Å². The lowest BCUT2D eigenvalue weighted by molar-refractivity contribution is -0.125. The summed E-state index contributed by atoms with van der Waals surface area (Å²) in [4.78, 5) is 16.2. The molecule has 0 bridgehead atoms. The van der Waals surface area contributed by atoms with E-state index in [1.54, 1.807) is 6.20 Å². The van der Waals surface area contributed by atoms with Gasteiger partial charge < -0.3 is 10.1 Å². The van der Waals surface area contributed by atoms with Gasteiger partial charge >= 0.3 is 0 Å². The highest BCUT2D eigenvalue weighted by atomic mass is 16.5. The van der Waals surface area contributed by atoms with E-state index in [9.17, 15) is 4.79 Å². The molecule has 0 aliphatic heterocycles. The van der Waals surface area contributed by atoms with Gasteiger partial charge in [0.25, 0.3) is 0 Å². The van der Waals surface area contributed by atoms with Gasteiger partial charge in [-0.1, -0.05) is 18.2 Å². The Morgan fingerprint density at radius 2 is 2.42 bits per heavy atom. The zero-order valence-electron chi connectivity index (χ0n) is 11.3. The Kier molecular flexibility index (Phi) is 4.95. The number of rotatable bonds is 5. The number of allylic oxidation sites excluding steroid dienone is 2. The lowest BCUT2D eigenvalue weighted by atomic mass is 9.93. The van der Waals surface area contributed by atoms with E-state index in [0.717, 1.165) is 24.8 Å². The van der Waals surface area contributed by atoms with Gasteiger partial charge in [-0.15, -0.1) is 0 Å². The van der Waals surface area contributed by atoms with Gasteiger partial charge in [-0.2, -0.15) is 0 Å². The summed E-state index contributed by atoms with van der Waals surface area (Å²) in [6.07, 6.45) is 8.70. The van der Waals surface area contributed by atoms with Gasteiger partial charge in [0.05, 0.1) is 6.61 Å². The third kappa shape index (κ3) is 3.81. The quantitative estimate of drug-likeness (QED) is 0.827. The molecule has 0 saturated heterocycles. The average Bonchev–Trinajstić information content (AvgIpc) is 2.47. The van der Waals surface area contributed by atoms with E-state index in [1.165, 1.54) is 0 Å². The average molecular weight is 260 g/mol. The van der Waals surface area contributed by atoms with Crippen LogP contribution in [0.25, 0.3) is 0 Å². The molecule has 1 N–H and O–H groups in total. The summed E-state index contributed by atoms with van der Waals surface area (Å²) in [6.45, 7) is 2.97. The maximum absolute atomic E-state index is 12.0. The van der Waals surface area contributed by atoms with Gasteiger partial charge in [0, 0.05) is 24.2 Å². The predicted octanol–water partition coefficient (Wildman–Crippen LogP) is 2.45. The largest absolute Gasteiger partial charge is 0.478 e. The molecule has 2 rings (SSSR count). The number of pyridine rings is 1. The van der Waals surface area contributed by atoms with Crippen molar-refractivity contribution in [2.75, 3.05) is 6.61 Å². The Morgan fingerprint density at radius 1 is 1.53 bits per heavy atom. The zero-order valence-corrected chi connectivity index (χ0v) is 11.3. The second-order valence-corrected chi connectivity index (χ2v) is 4.60. The Balaban J connectivity index is 1.91. The van der Waals surface area contributed by atoms with Crippen LogP contribution >= 0.6 is 0 Å². The molecular formula is C15H20N2O2. The highest BCUT2D eigenvalue weighted by Crippen LogP contribution is 2.19. The Hall–Kier alpha value is -1.84. The van der Waals surface area contributed by atoms with E-state index >= 15 is 0 Å². The van der Waals surface area contributed by atoms with Crippen LogP contribution in [0.1, 0.15) is 31.7 Å². The molecular weight excluding hydrogens is 240 g/mol. The number of aromatic nitrogens is 1. The molecule has 1 amide bonds. The van der Waals surface area contributed by atoms with Crippen molar-refractivity contribution in [2.24, 2.45) is 5.92 Å². The number of nitrogens with zero attached hydrogens (tertiary/aromatic N) is 1. The van der Waals surface area contributed by atoms with Crippen molar-refractivity contribution in [3.05, 3.63) is 36.0 Å². The van der Waals surface area contributed by atoms with Gasteiger partial charge in [-0.25, -0.2) is 4.98 Å². The van der Waals surface area contributed by atoms with E-state index in [1.807, 2.05) is 19.1 Å². The smallest absolute Gasteiger partial charge is 0.223 e. The summed E-state index contributed by atoms with van der Waals surface area (Å²) >= 11 is 0. The van der Waals surface area contributed by atoms with Crippen molar-refractivity contribution >= 4 is 5.91 Å². The minimum atomic E-state index is 0.109. The topological polar surface area (TPSA) is 51.2 Å². The molecule has 4 heteroatoms. The van der Waals surface area contributed by atoms with Crippen molar-refractivity contribution in [1.29, 1.82) is 0 Å². The van der Waals surface area contributed by atoms with Gasteiger partial charge in [-0.3, -0.25) is 4.79 Å². The van der Waals surface area contributed by atoms with Crippen LogP contribution in [0, 0.1) is 5.92 Å². The van der Waals surface area contributed by atoms with Gasteiger partial charge in [0.15, 0.2) is 0 Å².